The lowest BCUT2D eigenvalue weighted by molar-refractivity contribution is -0.286. The molecule has 0 aliphatic carbocycles. The van der Waals surface area contributed by atoms with Crippen LogP contribution in [0.3, 0.4) is 0 Å². The van der Waals surface area contributed by atoms with E-state index in [1.54, 1.807) is 40.1 Å². The van der Waals surface area contributed by atoms with Crippen LogP contribution in [-0.2, 0) is 9.53 Å². The number of carbonyl (C=O) groups is 1. The summed E-state index contributed by atoms with van der Waals surface area (Å²) in [5, 5.41) is 4.35. The molecule has 2 aliphatic heterocycles. The van der Waals surface area contributed by atoms with Crippen LogP contribution in [0.1, 0.15) is 5.69 Å². The van der Waals surface area contributed by atoms with Crippen molar-refractivity contribution in [3.8, 4) is 17.2 Å². The van der Waals surface area contributed by atoms with E-state index < -0.39 is 6.29 Å². The first-order chi connectivity index (χ1) is 15.5. The van der Waals surface area contributed by atoms with Crippen LogP contribution in [0.25, 0.3) is 11.3 Å². The highest BCUT2D eigenvalue weighted by atomic mass is 19.3. The number of fused-ring (bicyclic) bond motifs is 1. The second-order valence-corrected chi connectivity index (χ2v) is 7.03. The summed E-state index contributed by atoms with van der Waals surface area (Å²) in [5.74, 6) is -0.509. The van der Waals surface area contributed by atoms with Crippen molar-refractivity contribution in [2.45, 2.75) is 6.29 Å². The van der Waals surface area contributed by atoms with Gasteiger partial charge in [0.15, 0.2) is 17.3 Å². The molecule has 0 amide bonds. The molecule has 162 valence electrons. The number of allylic oxidation sites excluding steroid dienone is 1. The summed E-state index contributed by atoms with van der Waals surface area (Å²) in [6, 6.07) is 15.7. The zero-order chi connectivity index (χ0) is 22.3. The summed E-state index contributed by atoms with van der Waals surface area (Å²) in [5.41, 5.74) is 2.06. The normalized spacial score (nSPS) is 17.0. The highest BCUT2D eigenvalue weighted by molar-refractivity contribution is 6.28. The molecule has 3 aromatic rings. The Kier molecular flexibility index (Phi) is 4.66. The second-order valence-electron chi connectivity index (χ2n) is 7.03. The third-order valence-electron chi connectivity index (χ3n) is 5.09. The number of hydrogen-bond donors (Lipinski definition) is 0. The third-order valence-corrected chi connectivity index (χ3v) is 5.09. The summed E-state index contributed by atoms with van der Waals surface area (Å²) < 4.78 is 43.5. The second kappa shape index (κ2) is 7.52. The van der Waals surface area contributed by atoms with Gasteiger partial charge in [0.2, 0.25) is 5.78 Å². The van der Waals surface area contributed by atoms with Gasteiger partial charge in [-0.3, -0.25) is 4.79 Å². The lowest BCUT2D eigenvalue weighted by Crippen LogP contribution is -2.26. The fraction of sp³-hybridized carbons (Fsp3) is 0.130. The molecule has 1 aromatic heterocycles. The van der Waals surface area contributed by atoms with E-state index in [0.29, 0.717) is 17.0 Å². The number of carbonyl (C=O) groups excluding carboxylic acids is 1. The van der Waals surface area contributed by atoms with Gasteiger partial charge < -0.3 is 19.1 Å². The van der Waals surface area contributed by atoms with Crippen molar-refractivity contribution < 1.29 is 27.8 Å². The minimum Gasteiger partial charge on any atom is -0.491 e. The molecule has 32 heavy (non-hydrogen) atoms. The Bertz CT molecular complexity index is 1250. The van der Waals surface area contributed by atoms with Gasteiger partial charge in [0.25, 0.3) is 0 Å². The first kappa shape index (κ1) is 19.8. The molecule has 0 N–H and O–H groups in total. The highest BCUT2D eigenvalue weighted by Gasteiger charge is 2.45. The van der Waals surface area contributed by atoms with E-state index in [1.807, 2.05) is 30.3 Å². The van der Waals surface area contributed by atoms with Crippen LogP contribution in [0.4, 0.5) is 14.5 Å². The molecule has 0 saturated heterocycles. The van der Waals surface area contributed by atoms with Gasteiger partial charge >= 0.3 is 6.29 Å². The van der Waals surface area contributed by atoms with Crippen molar-refractivity contribution in [2.75, 3.05) is 18.6 Å². The van der Waals surface area contributed by atoms with Gasteiger partial charge in [-0.1, -0.05) is 30.3 Å². The number of benzene rings is 2. The van der Waals surface area contributed by atoms with E-state index >= 15 is 0 Å². The van der Waals surface area contributed by atoms with Crippen molar-refractivity contribution >= 4 is 17.0 Å². The number of ether oxygens (including phenoxy) is 3. The Labute approximate surface area is 181 Å². The number of para-hydroxylation sites is 2. The Balaban J connectivity index is 1.56. The standard InChI is InChI=1S/C23H17F2N3O4/c1-30-20-14-27(18-8-5-9-19-22(18)32-23(24,25)31-19)13-11-16(21(20)29)17-10-12-26-28(17)15-6-3-2-4-7-15/h2-12,14H,13H2,1H3. The summed E-state index contributed by atoms with van der Waals surface area (Å²) >= 11 is 0. The number of ketones is 1. The number of methoxy groups -OCH3 is 1. The fourth-order valence-corrected chi connectivity index (χ4v) is 3.67. The van der Waals surface area contributed by atoms with E-state index in [4.69, 9.17) is 9.47 Å². The number of hydrogen-bond acceptors (Lipinski definition) is 6. The minimum absolute atomic E-state index is 0.0397. The number of alkyl halides is 2. The minimum atomic E-state index is -3.75. The Morgan fingerprint density at radius 3 is 2.66 bits per heavy atom. The van der Waals surface area contributed by atoms with Gasteiger partial charge in [-0.15, -0.1) is 8.78 Å². The highest BCUT2D eigenvalue weighted by Crippen LogP contribution is 2.47. The molecule has 0 fully saturated rings. The Morgan fingerprint density at radius 2 is 1.88 bits per heavy atom. The van der Waals surface area contributed by atoms with Gasteiger partial charge in [-0.25, -0.2) is 4.68 Å². The molecule has 2 aromatic carbocycles. The van der Waals surface area contributed by atoms with Gasteiger partial charge in [0, 0.05) is 12.1 Å². The van der Waals surface area contributed by atoms with Crippen molar-refractivity contribution in [2.24, 2.45) is 0 Å². The summed E-state index contributed by atoms with van der Waals surface area (Å²) in [7, 11) is 1.38. The van der Waals surface area contributed by atoms with Gasteiger partial charge in [-0.2, -0.15) is 5.10 Å². The SMILES string of the molecule is COC1=CN(c2cccc3c2OC(F)(F)O3)CC=C(c2ccnn2-c2ccccc2)C1=O. The topological polar surface area (TPSA) is 65.8 Å². The average molecular weight is 437 g/mol. The third kappa shape index (κ3) is 3.37. The van der Waals surface area contributed by atoms with Gasteiger partial charge in [0.05, 0.1) is 36.6 Å². The molecule has 0 atom stereocenters. The van der Waals surface area contributed by atoms with Gasteiger partial charge in [-0.05, 0) is 30.3 Å². The van der Waals surface area contributed by atoms with Crippen molar-refractivity contribution in [1.82, 2.24) is 9.78 Å². The van der Waals surface area contributed by atoms with E-state index in [9.17, 15) is 13.6 Å². The molecule has 0 saturated carbocycles. The predicted octanol–water partition coefficient (Wildman–Crippen LogP) is 4.15. The number of aromatic nitrogens is 2. The number of Topliss-reactive ketones (excluding diaryl/α,β-unsaturated/α-hetero) is 1. The van der Waals surface area contributed by atoms with Crippen LogP contribution in [0.5, 0.6) is 11.5 Å². The monoisotopic (exact) mass is 437 g/mol. The smallest absolute Gasteiger partial charge is 0.491 e. The van der Waals surface area contributed by atoms with Crippen LogP contribution in [0.15, 0.2) is 78.8 Å². The van der Waals surface area contributed by atoms with Crippen molar-refractivity contribution in [3.63, 3.8) is 0 Å². The molecule has 0 unspecified atom stereocenters. The average Bonchev–Trinajstić information content (AvgIpc) is 3.35. The molecule has 9 heteroatoms. The number of anilines is 1. The lowest BCUT2D eigenvalue weighted by atomic mass is 10.1. The van der Waals surface area contributed by atoms with E-state index in [1.165, 1.54) is 19.4 Å². The fourth-order valence-electron chi connectivity index (χ4n) is 3.67. The van der Waals surface area contributed by atoms with Crippen LogP contribution >= 0.6 is 0 Å². The van der Waals surface area contributed by atoms with Crippen LogP contribution in [-0.4, -0.2) is 35.5 Å². The van der Waals surface area contributed by atoms with Crippen molar-refractivity contribution in [1.29, 1.82) is 0 Å². The maximum Gasteiger partial charge on any atom is 0.586 e. The Morgan fingerprint density at radius 1 is 1.06 bits per heavy atom. The first-order valence-corrected chi connectivity index (χ1v) is 9.73. The number of rotatable bonds is 4. The molecule has 0 bridgehead atoms. The van der Waals surface area contributed by atoms with E-state index in [2.05, 4.69) is 9.84 Å². The molecule has 0 radical (unpaired) electrons. The number of nitrogens with zero attached hydrogens (tertiary/aromatic N) is 3. The van der Waals surface area contributed by atoms with Crippen LogP contribution in [0.2, 0.25) is 0 Å². The first-order valence-electron chi connectivity index (χ1n) is 9.73. The quantitative estimate of drug-likeness (QED) is 0.611. The van der Waals surface area contributed by atoms with Crippen molar-refractivity contribution in [3.05, 3.63) is 84.5 Å². The molecule has 2 aliphatic rings. The van der Waals surface area contributed by atoms with Gasteiger partial charge in [0.1, 0.15) is 0 Å². The lowest BCUT2D eigenvalue weighted by Gasteiger charge is -2.20. The molecular weight excluding hydrogens is 420 g/mol. The van der Waals surface area contributed by atoms with E-state index in [0.717, 1.165) is 5.69 Å². The summed E-state index contributed by atoms with van der Waals surface area (Å²) in [4.78, 5) is 14.9. The molecule has 5 rings (SSSR count). The Hall–Kier alpha value is -4.14. The predicted molar refractivity (Wildman–Crippen MR) is 112 cm³/mol. The molecule has 7 nitrogen and oxygen atoms in total. The maximum absolute atomic E-state index is 13.6. The molecule has 3 heterocycles. The van der Waals surface area contributed by atoms with Crippen LogP contribution in [0, 0.1) is 0 Å². The zero-order valence-corrected chi connectivity index (χ0v) is 16.9. The number of halogens is 2. The summed E-state index contributed by atoms with van der Waals surface area (Å²) in [6.07, 6.45) is 1.02. The molecule has 0 spiro atoms. The zero-order valence-electron chi connectivity index (χ0n) is 16.9. The largest absolute Gasteiger partial charge is 0.586 e. The summed E-state index contributed by atoms with van der Waals surface area (Å²) in [6.45, 7) is 0.194. The molecular formula is C23H17F2N3O4. The van der Waals surface area contributed by atoms with Crippen LogP contribution < -0.4 is 14.4 Å². The van der Waals surface area contributed by atoms with E-state index in [-0.39, 0.29) is 29.6 Å². The maximum atomic E-state index is 13.6.